The molecule has 0 unspecified atom stereocenters. The molecule has 17 nitrogen and oxygen atoms in total. The number of anilines is 2. The maximum atomic E-state index is 15.6. The summed E-state index contributed by atoms with van der Waals surface area (Å²) >= 11 is 1.54. The van der Waals surface area contributed by atoms with Crippen LogP contribution in [0, 0.1) is 18.2 Å². The Bertz CT molecular complexity index is 2970. The van der Waals surface area contributed by atoms with Crippen molar-refractivity contribution in [3.05, 3.63) is 123 Å². The molecular formula is C53H61F4N9O8S. The molecule has 5 atom stereocenters. The van der Waals surface area contributed by atoms with Crippen molar-refractivity contribution in [2.75, 3.05) is 56.7 Å². The highest BCUT2D eigenvalue weighted by Crippen LogP contribution is 2.37. The van der Waals surface area contributed by atoms with Crippen molar-refractivity contribution in [3.63, 3.8) is 0 Å². The summed E-state index contributed by atoms with van der Waals surface area (Å²) in [6, 6.07) is 14.2. The van der Waals surface area contributed by atoms with E-state index in [4.69, 9.17) is 4.74 Å². The normalized spacial score (nSPS) is 18.6. The number of likely N-dealkylation sites (tertiary alicyclic amines) is 1. The van der Waals surface area contributed by atoms with Crippen LogP contribution < -0.4 is 31.7 Å². The Morgan fingerprint density at radius 2 is 1.61 bits per heavy atom. The molecule has 5 aromatic rings. The van der Waals surface area contributed by atoms with E-state index in [0.717, 1.165) is 27.8 Å². The molecule has 75 heavy (non-hydrogen) atoms. The van der Waals surface area contributed by atoms with Gasteiger partial charge in [-0.3, -0.25) is 33.7 Å². The second kappa shape index (κ2) is 23.3. The van der Waals surface area contributed by atoms with Crippen LogP contribution in [0.2, 0.25) is 0 Å². The molecule has 2 saturated heterocycles. The lowest BCUT2D eigenvalue weighted by molar-refractivity contribution is -0.144. The van der Waals surface area contributed by atoms with Gasteiger partial charge in [-0.15, -0.1) is 11.3 Å². The summed E-state index contributed by atoms with van der Waals surface area (Å²) in [6.45, 7) is 11.5. The highest BCUT2D eigenvalue weighted by atomic mass is 32.1. The number of carbonyl (C=O) groups is 5. The Labute approximate surface area is 435 Å². The number of aliphatic hydroxyl groups excluding tert-OH is 1. The number of rotatable bonds is 16. The maximum Gasteiger partial charge on any atom is 0.417 e. The predicted molar refractivity (Wildman–Crippen MR) is 276 cm³/mol. The number of likely N-dealkylation sites (N-methyl/N-ethyl adjacent to an activating group) is 1. The van der Waals surface area contributed by atoms with Gasteiger partial charge in [-0.2, -0.15) is 13.2 Å². The number of H-pyrrole nitrogens is 1. The van der Waals surface area contributed by atoms with E-state index in [1.165, 1.54) is 34.4 Å². The lowest BCUT2D eigenvalue weighted by atomic mass is 9.85. The molecule has 0 aliphatic carbocycles. The lowest BCUT2D eigenvalue weighted by Gasteiger charge is -2.44. The Balaban J connectivity index is 0.958. The fourth-order valence-electron chi connectivity index (χ4n) is 9.14. The standard InChI is InChI=1S/C53H61F4N9O8S/c1-29-24-65(25-30(2)64(29)7)42-15-13-34(19-41(42)62-49(71)38-23-59-44(68)21-39(38)53(55,56)57)37-18-35(12-14-40(37)54)48(70)58-16-17-74-27-45(69)63-47(52(4,5)6)51(73)66-26-36(67)20-43(66)50(72)60-22-32-8-10-33(11-9-32)46-31(3)61-28-75-46/h8-15,18-19,21,23,28-30,36,43,47,67H,16-17,20,22,24-27H2,1-7H3,(H,58,70)(H,59,68)(H,60,72)(H,62,71)(H,63,69)/t29-,30+,36-,43+,47-/m1/s1. The number of halogens is 4. The van der Waals surface area contributed by atoms with Gasteiger partial charge in [0, 0.05) is 74.6 Å². The van der Waals surface area contributed by atoms with Gasteiger partial charge in [-0.05, 0) is 80.3 Å². The maximum absolute atomic E-state index is 15.6. The molecule has 2 aromatic heterocycles. The number of aliphatic hydroxyl groups is 1. The van der Waals surface area contributed by atoms with Crippen LogP contribution in [-0.2, 0) is 31.8 Å². The third-order valence-corrected chi connectivity index (χ3v) is 14.4. The van der Waals surface area contributed by atoms with Crippen LogP contribution in [0.25, 0.3) is 21.6 Å². The zero-order chi connectivity index (χ0) is 54.5. The molecule has 2 aliphatic heterocycles. The molecule has 7 rings (SSSR count). The van der Waals surface area contributed by atoms with E-state index in [2.05, 4.69) is 36.1 Å². The van der Waals surface area contributed by atoms with Crippen LogP contribution in [-0.4, -0.2) is 131 Å². The van der Waals surface area contributed by atoms with Crippen molar-refractivity contribution in [2.24, 2.45) is 5.41 Å². The van der Waals surface area contributed by atoms with Crippen molar-refractivity contribution < 1.29 is 51.4 Å². The molecule has 4 heterocycles. The number of hydrogen-bond donors (Lipinski definition) is 6. The Morgan fingerprint density at radius 3 is 2.27 bits per heavy atom. The highest BCUT2D eigenvalue weighted by Gasteiger charge is 2.44. The molecule has 0 saturated carbocycles. The van der Waals surface area contributed by atoms with Gasteiger partial charge >= 0.3 is 6.18 Å². The minimum absolute atomic E-state index is 0.0159. The number of thiazole rings is 1. The number of β-amino-alcohol motifs (C(OH)–C–C–N with tert-alkyl or cyclic N) is 1. The van der Waals surface area contributed by atoms with Crippen LogP contribution >= 0.6 is 11.3 Å². The highest BCUT2D eigenvalue weighted by molar-refractivity contribution is 7.13. The molecule has 5 amide bonds. The number of alkyl halides is 3. The molecule has 6 N–H and O–H groups in total. The summed E-state index contributed by atoms with van der Waals surface area (Å²) in [5.74, 6) is -4.18. The van der Waals surface area contributed by atoms with Crippen LogP contribution in [0.1, 0.15) is 78.6 Å². The number of aromatic amines is 1. The molecule has 3 aromatic carbocycles. The minimum Gasteiger partial charge on any atom is -0.391 e. The quantitative estimate of drug-likeness (QED) is 0.0500. The predicted octanol–water partition coefficient (Wildman–Crippen LogP) is 5.97. The van der Waals surface area contributed by atoms with Crippen LogP contribution in [0.5, 0.6) is 0 Å². The third-order valence-electron chi connectivity index (χ3n) is 13.4. The van der Waals surface area contributed by atoms with E-state index in [1.54, 1.807) is 38.4 Å². The molecule has 0 spiro atoms. The van der Waals surface area contributed by atoms with E-state index in [9.17, 15) is 47.0 Å². The molecule has 2 fully saturated rings. The lowest BCUT2D eigenvalue weighted by Crippen LogP contribution is -2.58. The Hall–Kier alpha value is -7.01. The fourth-order valence-corrected chi connectivity index (χ4v) is 9.95. The second-order valence-corrected chi connectivity index (χ2v) is 20.9. The van der Waals surface area contributed by atoms with E-state index < -0.39 is 88.4 Å². The van der Waals surface area contributed by atoms with Crippen LogP contribution in [0.15, 0.2) is 83.2 Å². The van der Waals surface area contributed by atoms with E-state index >= 15 is 4.39 Å². The number of hydrogen-bond acceptors (Lipinski definition) is 12. The van der Waals surface area contributed by atoms with Gasteiger partial charge in [0.2, 0.25) is 23.3 Å². The molecule has 0 bridgehead atoms. The molecular weight excluding hydrogens is 999 g/mol. The zero-order valence-electron chi connectivity index (χ0n) is 42.6. The summed E-state index contributed by atoms with van der Waals surface area (Å²) in [7, 11) is 1.97. The van der Waals surface area contributed by atoms with Crippen molar-refractivity contribution >= 4 is 52.2 Å². The van der Waals surface area contributed by atoms with Gasteiger partial charge in [0.1, 0.15) is 24.5 Å². The van der Waals surface area contributed by atoms with Crippen molar-refractivity contribution in [3.8, 4) is 21.6 Å². The van der Waals surface area contributed by atoms with Crippen molar-refractivity contribution in [2.45, 2.75) is 91.0 Å². The molecule has 2 aliphatic rings. The number of amides is 5. The Kier molecular flexibility index (Phi) is 17.3. The van der Waals surface area contributed by atoms with E-state index in [0.29, 0.717) is 31.0 Å². The Morgan fingerprint density at radius 1 is 0.920 bits per heavy atom. The van der Waals surface area contributed by atoms with Gasteiger partial charge in [-0.1, -0.05) is 51.1 Å². The SMILES string of the molecule is Cc1ncsc1-c1ccc(CNC(=O)[C@@H]2C[C@@H](O)CN2C(=O)[C@@H](NC(=O)COCCNC(=O)c2ccc(F)c(-c3ccc(N4C[C@@H](C)N(C)[C@@H](C)C4)c(NC(=O)c4c[nH]c(=O)cc4C(F)(F)F)c3)c2)C(C)(C)C)cc1. The molecule has 400 valence electrons. The van der Waals surface area contributed by atoms with Gasteiger partial charge < -0.3 is 45.9 Å². The topological polar surface area (TPSA) is 218 Å². The number of benzene rings is 3. The number of aromatic nitrogens is 2. The smallest absolute Gasteiger partial charge is 0.391 e. The first-order valence-electron chi connectivity index (χ1n) is 24.3. The second-order valence-electron chi connectivity index (χ2n) is 20.0. The number of nitrogens with zero attached hydrogens (tertiary/aromatic N) is 4. The van der Waals surface area contributed by atoms with Gasteiger partial charge in [0.15, 0.2) is 0 Å². The first-order chi connectivity index (χ1) is 35.4. The number of pyridine rings is 1. The monoisotopic (exact) mass is 1060 g/mol. The summed E-state index contributed by atoms with van der Waals surface area (Å²) in [4.78, 5) is 92.5. The fraction of sp³-hybridized carbons (Fsp3) is 0.415. The third kappa shape index (κ3) is 13.5. The van der Waals surface area contributed by atoms with Crippen LogP contribution in [0.3, 0.4) is 0 Å². The summed E-state index contributed by atoms with van der Waals surface area (Å²) in [6.07, 6.45) is -5.28. The number of aryl methyl sites for hydroxylation is 1. The molecule has 0 radical (unpaired) electrons. The number of ether oxygens (including phenoxy) is 1. The van der Waals surface area contributed by atoms with Gasteiger partial charge in [0.05, 0.1) is 51.3 Å². The largest absolute Gasteiger partial charge is 0.417 e. The first-order valence-corrected chi connectivity index (χ1v) is 25.2. The van der Waals surface area contributed by atoms with E-state index in [1.807, 2.05) is 57.0 Å². The van der Waals surface area contributed by atoms with Crippen LogP contribution in [0.4, 0.5) is 28.9 Å². The van der Waals surface area contributed by atoms with E-state index in [-0.39, 0.29) is 67.1 Å². The summed E-state index contributed by atoms with van der Waals surface area (Å²) in [5.41, 5.74) is 1.10. The van der Waals surface area contributed by atoms with Crippen molar-refractivity contribution in [1.29, 1.82) is 0 Å². The summed E-state index contributed by atoms with van der Waals surface area (Å²) in [5, 5.41) is 21.4. The number of nitrogens with one attached hydrogen (secondary N) is 5. The molecule has 22 heteroatoms. The number of carbonyl (C=O) groups excluding carboxylic acids is 5. The average Bonchev–Trinajstić information content (AvgIpc) is 3.98. The zero-order valence-corrected chi connectivity index (χ0v) is 43.4. The van der Waals surface area contributed by atoms with Gasteiger partial charge in [0.25, 0.3) is 11.8 Å². The minimum atomic E-state index is -5.03. The van der Waals surface area contributed by atoms with Crippen molar-refractivity contribution in [1.82, 2.24) is 35.7 Å². The van der Waals surface area contributed by atoms with Gasteiger partial charge in [-0.25, -0.2) is 9.37 Å². The average molecular weight is 1060 g/mol. The first kappa shape index (κ1) is 55.7. The number of piperazine rings is 1. The summed E-state index contributed by atoms with van der Waals surface area (Å²) < 4.78 is 63.2.